The first-order valence-electron chi connectivity index (χ1n) is 7.04. The van der Waals surface area contributed by atoms with Crippen molar-refractivity contribution in [3.63, 3.8) is 0 Å². The van der Waals surface area contributed by atoms with Crippen molar-refractivity contribution in [2.75, 3.05) is 33.8 Å². The second-order valence-corrected chi connectivity index (χ2v) is 5.76. The molecule has 116 valence electrons. The van der Waals surface area contributed by atoms with Crippen LogP contribution in [0.15, 0.2) is 47.4 Å². The molecule has 0 aliphatic carbocycles. The Hall–Kier alpha value is -2.40. The summed E-state index contributed by atoms with van der Waals surface area (Å²) in [6.07, 6.45) is 1.12. The van der Waals surface area contributed by atoms with E-state index in [4.69, 9.17) is 9.15 Å². The van der Waals surface area contributed by atoms with Crippen molar-refractivity contribution >= 4 is 22.7 Å². The van der Waals surface area contributed by atoms with Crippen LogP contribution in [0.3, 0.4) is 0 Å². The van der Waals surface area contributed by atoms with E-state index in [2.05, 4.69) is 6.58 Å². The van der Waals surface area contributed by atoms with Gasteiger partial charge in [0.15, 0.2) is 5.76 Å². The van der Waals surface area contributed by atoms with Gasteiger partial charge in [0.2, 0.25) is 0 Å². The minimum Gasteiger partial charge on any atom is -0.457 e. The summed E-state index contributed by atoms with van der Waals surface area (Å²) < 4.78 is 10.9. The third-order valence-corrected chi connectivity index (χ3v) is 3.38. The van der Waals surface area contributed by atoms with Crippen molar-refractivity contribution < 1.29 is 23.2 Å². The van der Waals surface area contributed by atoms with Gasteiger partial charge >= 0.3 is 5.97 Å². The normalized spacial score (nSPS) is 11.4. The Morgan fingerprint density at radius 1 is 1.32 bits per heavy atom. The van der Waals surface area contributed by atoms with Crippen LogP contribution in [0.25, 0.3) is 11.0 Å². The summed E-state index contributed by atoms with van der Waals surface area (Å²) in [7, 11) is 3.81. The first-order chi connectivity index (χ1) is 10.4. The number of quaternary nitrogens is 1. The van der Waals surface area contributed by atoms with Crippen molar-refractivity contribution in [3.05, 3.63) is 48.7 Å². The molecule has 0 radical (unpaired) electrons. The number of nitrogens with zero attached hydrogens (tertiary/aromatic N) is 1. The average Bonchev–Trinajstić information content (AvgIpc) is 2.90. The first-order valence-corrected chi connectivity index (χ1v) is 7.04. The van der Waals surface area contributed by atoms with Gasteiger partial charge in [-0.05, 0) is 12.1 Å². The van der Waals surface area contributed by atoms with Gasteiger partial charge in [-0.25, -0.2) is 4.79 Å². The van der Waals surface area contributed by atoms with Gasteiger partial charge in [0.05, 0.1) is 14.1 Å². The molecule has 5 nitrogen and oxygen atoms in total. The largest absolute Gasteiger partial charge is 0.457 e. The van der Waals surface area contributed by atoms with E-state index in [1.54, 1.807) is 6.07 Å². The molecule has 22 heavy (non-hydrogen) atoms. The molecule has 0 saturated heterocycles. The van der Waals surface area contributed by atoms with Crippen molar-refractivity contribution in [1.82, 2.24) is 0 Å². The van der Waals surface area contributed by atoms with Gasteiger partial charge in [0.25, 0.3) is 5.78 Å². The molecular weight excluding hydrogens is 282 g/mol. The molecule has 0 N–H and O–H groups in total. The third-order valence-electron chi connectivity index (χ3n) is 3.38. The lowest BCUT2D eigenvalue weighted by Crippen LogP contribution is -2.46. The number of hydrogen-bond donors (Lipinski definition) is 0. The van der Waals surface area contributed by atoms with Crippen molar-refractivity contribution in [1.29, 1.82) is 0 Å². The van der Waals surface area contributed by atoms with Crippen LogP contribution in [0, 0.1) is 0 Å². The fraction of sp³-hybridized carbons (Fsp3) is 0.294. The standard InChI is InChI=1S/C17H20NO4/c1-4-17(20)21-10-9-18(2,3)12-14(19)16-11-13-7-5-6-8-15(13)22-16/h4-8,11H,1,9-10,12H2,2-3H3/q+1. The van der Waals surface area contributed by atoms with Gasteiger partial charge in [-0.1, -0.05) is 24.8 Å². The number of furan rings is 1. The molecule has 2 aromatic rings. The quantitative estimate of drug-likeness (QED) is 0.341. The number of esters is 1. The Morgan fingerprint density at radius 3 is 2.73 bits per heavy atom. The van der Waals surface area contributed by atoms with E-state index in [-0.39, 0.29) is 18.9 Å². The van der Waals surface area contributed by atoms with Crippen molar-refractivity contribution in [3.8, 4) is 0 Å². The fourth-order valence-electron chi connectivity index (χ4n) is 2.12. The predicted molar refractivity (Wildman–Crippen MR) is 83.5 cm³/mol. The number of Topliss-reactive ketones (excluding diaryl/α,β-unsaturated/α-hetero) is 1. The summed E-state index contributed by atoms with van der Waals surface area (Å²) in [4.78, 5) is 23.4. The van der Waals surface area contributed by atoms with Gasteiger partial charge in [-0.3, -0.25) is 4.79 Å². The van der Waals surface area contributed by atoms with E-state index >= 15 is 0 Å². The Labute approximate surface area is 129 Å². The van der Waals surface area contributed by atoms with Gasteiger partial charge in [0.1, 0.15) is 25.3 Å². The van der Waals surface area contributed by atoms with Gasteiger partial charge in [-0.2, -0.15) is 0 Å². The number of benzene rings is 1. The molecule has 0 fully saturated rings. The lowest BCUT2D eigenvalue weighted by Gasteiger charge is -2.28. The Balaban J connectivity index is 1.97. The second-order valence-electron chi connectivity index (χ2n) is 5.76. The summed E-state index contributed by atoms with van der Waals surface area (Å²) in [5.41, 5.74) is 0.705. The first kappa shape index (κ1) is 16.0. The summed E-state index contributed by atoms with van der Waals surface area (Å²) in [6.45, 7) is 4.38. The highest BCUT2D eigenvalue weighted by atomic mass is 16.5. The molecule has 0 aliphatic rings. The maximum absolute atomic E-state index is 12.3. The van der Waals surface area contributed by atoms with E-state index < -0.39 is 5.97 Å². The smallest absolute Gasteiger partial charge is 0.330 e. The lowest BCUT2D eigenvalue weighted by atomic mass is 10.2. The number of ether oxygens (including phenoxy) is 1. The molecule has 2 rings (SSSR count). The number of rotatable bonds is 7. The zero-order valence-corrected chi connectivity index (χ0v) is 12.9. The summed E-state index contributed by atoms with van der Waals surface area (Å²) >= 11 is 0. The molecule has 1 heterocycles. The maximum Gasteiger partial charge on any atom is 0.330 e. The molecule has 0 amide bonds. The highest BCUT2D eigenvalue weighted by molar-refractivity contribution is 5.98. The van der Waals surface area contributed by atoms with Crippen LogP contribution in [0.1, 0.15) is 10.6 Å². The zero-order valence-electron chi connectivity index (χ0n) is 12.9. The van der Waals surface area contributed by atoms with Gasteiger partial charge in [-0.15, -0.1) is 0 Å². The third kappa shape index (κ3) is 4.05. The summed E-state index contributed by atoms with van der Waals surface area (Å²) in [5, 5.41) is 0.913. The van der Waals surface area contributed by atoms with E-state index in [0.29, 0.717) is 22.4 Å². The molecule has 5 heteroatoms. The van der Waals surface area contributed by atoms with E-state index in [1.165, 1.54) is 0 Å². The van der Waals surface area contributed by atoms with Crippen LogP contribution >= 0.6 is 0 Å². The molecule has 0 aliphatic heterocycles. The average molecular weight is 302 g/mol. The van der Waals surface area contributed by atoms with Crippen LogP contribution in [-0.2, 0) is 9.53 Å². The Bertz CT molecular complexity index is 667. The maximum atomic E-state index is 12.3. The monoisotopic (exact) mass is 302 g/mol. The number of ketones is 1. The van der Waals surface area contributed by atoms with Crippen LogP contribution in [0.5, 0.6) is 0 Å². The van der Waals surface area contributed by atoms with Crippen LogP contribution in [0.2, 0.25) is 0 Å². The molecule has 0 unspecified atom stereocenters. The van der Waals surface area contributed by atoms with Gasteiger partial charge < -0.3 is 13.6 Å². The van der Waals surface area contributed by atoms with Crippen LogP contribution in [0.4, 0.5) is 0 Å². The zero-order chi connectivity index (χ0) is 16.2. The molecule has 0 spiro atoms. The minimum atomic E-state index is -0.455. The summed E-state index contributed by atoms with van der Waals surface area (Å²) in [5.74, 6) is -0.171. The van der Waals surface area contributed by atoms with Crippen LogP contribution < -0.4 is 0 Å². The number of fused-ring (bicyclic) bond motifs is 1. The lowest BCUT2D eigenvalue weighted by molar-refractivity contribution is -0.882. The highest BCUT2D eigenvalue weighted by Crippen LogP contribution is 2.19. The number of hydrogen-bond acceptors (Lipinski definition) is 4. The summed E-state index contributed by atoms with van der Waals surface area (Å²) in [6, 6.07) is 9.27. The SMILES string of the molecule is C=CC(=O)OCC[N+](C)(C)CC(=O)c1cc2ccccc2o1. The van der Waals surface area contributed by atoms with E-state index in [1.807, 2.05) is 38.4 Å². The molecular formula is C17H20NO4+. The molecule has 1 aromatic heterocycles. The number of carbonyl (C=O) groups excluding carboxylic acids is 2. The van der Waals surface area contributed by atoms with Crippen LogP contribution in [-0.4, -0.2) is 50.0 Å². The van der Waals surface area contributed by atoms with E-state index in [9.17, 15) is 9.59 Å². The molecule has 0 atom stereocenters. The topological polar surface area (TPSA) is 56.5 Å². The predicted octanol–water partition coefficient (Wildman–Crippen LogP) is 2.42. The fourth-order valence-corrected chi connectivity index (χ4v) is 2.12. The highest BCUT2D eigenvalue weighted by Gasteiger charge is 2.24. The van der Waals surface area contributed by atoms with Crippen molar-refractivity contribution in [2.24, 2.45) is 0 Å². The molecule has 0 saturated carbocycles. The Morgan fingerprint density at radius 2 is 2.05 bits per heavy atom. The minimum absolute atomic E-state index is 0.0729. The Kier molecular flexibility index (Phi) is 4.78. The van der Waals surface area contributed by atoms with Crippen molar-refractivity contribution in [2.45, 2.75) is 0 Å². The molecule has 1 aromatic carbocycles. The number of likely N-dealkylation sites (N-methyl/N-ethyl adjacent to an activating group) is 1. The molecule has 0 bridgehead atoms. The second kappa shape index (κ2) is 6.58. The van der Waals surface area contributed by atoms with E-state index in [0.717, 1.165) is 11.5 Å². The van der Waals surface area contributed by atoms with Gasteiger partial charge in [0, 0.05) is 11.5 Å². The number of para-hydroxylation sites is 1. The number of carbonyl (C=O) groups is 2.